The Bertz CT molecular complexity index is 580. The Morgan fingerprint density at radius 2 is 1.53 bits per heavy atom. The van der Waals surface area contributed by atoms with Gasteiger partial charge in [-0.3, -0.25) is 0 Å². The van der Waals surface area contributed by atoms with Crippen LogP contribution in [0.1, 0.15) is 11.1 Å². The summed E-state index contributed by atoms with van der Waals surface area (Å²) >= 11 is 0. The van der Waals surface area contributed by atoms with Crippen LogP contribution in [0.2, 0.25) is 0 Å². The van der Waals surface area contributed by atoms with Crippen molar-refractivity contribution in [2.45, 2.75) is 6.42 Å². The van der Waals surface area contributed by atoms with Crippen molar-refractivity contribution in [2.75, 3.05) is 0 Å². The van der Waals surface area contributed by atoms with Crippen molar-refractivity contribution in [3.63, 3.8) is 0 Å². The van der Waals surface area contributed by atoms with E-state index in [0.29, 0.717) is 5.69 Å². The molecule has 2 aromatic rings. The molecule has 0 aliphatic carbocycles. The number of rotatable bonds is 3. The molecule has 0 bridgehead atoms. The molecule has 0 aliphatic heterocycles. The van der Waals surface area contributed by atoms with Crippen LogP contribution in [0.15, 0.2) is 59.6 Å². The standard InChI is InChI=1S/C14H11NO.CHNO/c16-11-15-14-8-6-13(7-9-14)10-12-4-2-1-3-5-12;2-1-3/h1-9H,10H2;3H. The smallest absolute Gasteiger partial charge is 0.283 e. The Kier molecular flexibility index (Phi) is 6.14. The molecule has 0 radical (unpaired) electrons. The highest BCUT2D eigenvalue weighted by molar-refractivity contribution is 5.49. The summed E-state index contributed by atoms with van der Waals surface area (Å²) < 4.78 is 0. The number of hydrogen-bond donors (Lipinski definition) is 1. The number of hydrogen-bond acceptors (Lipinski definition) is 4. The molecule has 0 heterocycles. The van der Waals surface area contributed by atoms with Crippen LogP contribution in [0, 0.1) is 11.5 Å². The second-order valence-corrected chi connectivity index (χ2v) is 3.63. The van der Waals surface area contributed by atoms with Crippen molar-refractivity contribution in [3.05, 3.63) is 65.7 Å². The van der Waals surface area contributed by atoms with Gasteiger partial charge in [0.25, 0.3) is 6.26 Å². The van der Waals surface area contributed by atoms with Gasteiger partial charge in [0.15, 0.2) is 0 Å². The van der Waals surface area contributed by atoms with Gasteiger partial charge in [-0.15, -0.1) is 0 Å². The highest BCUT2D eigenvalue weighted by Gasteiger charge is 1.95. The molecule has 4 nitrogen and oxygen atoms in total. The molecule has 0 aromatic heterocycles. The second-order valence-electron chi connectivity index (χ2n) is 3.63. The third-order valence-corrected chi connectivity index (χ3v) is 2.36. The number of benzene rings is 2. The predicted molar refractivity (Wildman–Crippen MR) is 71.0 cm³/mol. The van der Waals surface area contributed by atoms with Crippen molar-refractivity contribution in [3.8, 4) is 6.26 Å². The predicted octanol–water partition coefficient (Wildman–Crippen LogP) is 3.08. The highest BCUT2D eigenvalue weighted by Crippen LogP contribution is 2.15. The Morgan fingerprint density at radius 3 is 2.05 bits per heavy atom. The van der Waals surface area contributed by atoms with Crippen molar-refractivity contribution in [1.82, 2.24) is 0 Å². The third kappa shape index (κ3) is 5.31. The quantitative estimate of drug-likeness (QED) is 0.518. The van der Waals surface area contributed by atoms with Gasteiger partial charge >= 0.3 is 0 Å². The van der Waals surface area contributed by atoms with E-state index in [1.807, 2.05) is 42.5 Å². The number of nitrogens with zero attached hydrogens (tertiary/aromatic N) is 2. The minimum atomic E-state index is 0.645. The molecule has 1 N–H and O–H groups in total. The van der Waals surface area contributed by atoms with Crippen molar-refractivity contribution < 1.29 is 9.90 Å². The van der Waals surface area contributed by atoms with E-state index in [9.17, 15) is 4.79 Å². The van der Waals surface area contributed by atoms with Gasteiger partial charge in [0.2, 0.25) is 6.08 Å². The second kappa shape index (κ2) is 8.24. The number of isocyanates is 1. The zero-order valence-corrected chi connectivity index (χ0v) is 10.2. The lowest BCUT2D eigenvalue weighted by molar-refractivity contribution is 0.503. The van der Waals surface area contributed by atoms with Crippen molar-refractivity contribution in [2.24, 2.45) is 4.99 Å². The van der Waals surface area contributed by atoms with E-state index in [2.05, 4.69) is 17.1 Å². The van der Waals surface area contributed by atoms with Gasteiger partial charge in [-0.25, -0.2) is 4.79 Å². The van der Waals surface area contributed by atoms with Crippen LogP contribution in [0.4, 0.5) is 5.69 Å². The monoisotopic (exact) mass is 252 g/mol. The van der Waals surface area contributed by atoms with Gasteiger partial charge < -0.3 is 5.11 Å². The van der Waals surface area contributed by atoms with E-state index in [1.54, 1.807) is 0 Å². The van der Waals surface area contributed by atoms with Gasteiger partial charge in [-0.1, -0.05) is 42.5 Å². The molecular formula is C15H12N2O2. The zero-order valence-electron chi connectivity index (χ0n) is 10.2. The molecule has 0 amide bonds. The molecular weight excluding hydrogens is 240 g/mol. The summed E-state index contributed by atoms with van der Waals surface area (Å²) in [5.74, 6) is 0. The summed E-state index contributed by atoms with van der Waals surface area (Å²) in [7, 11) is 0. The normalized spacial score (nSPS) is 8.37. The van der Waals surface area contributed by atoms with E-state index in [-0.39, 0.29) is 0 Å². The molecule has 19 heavy (non-hydrogen) atoms. The number of aliphatic hydroxyl groups excluding tert-OH is 1. The maximum Gasteiger partial charge on any atom is 0.283 e. The lowest BCUT2D eigenvalue weighted by Crippen LogP contribution is -1.86. The maximum atomic E-state index is 10.1. The summed E-state index contributed by atoms with van der Waals surface area (Å²) in [5, 5.41) is 13.8. The minimum absolute atomic E-state index is 0.645. The summed E-state index contributed by atoms with van der Waals surface area (Å²) in [6.45, 7) is 0. The molecule has 0 saturated heterocycles. The molecule has 0 spiro atoms. The molecule has 0 saturated carbocycles. The summed E-state index contributed by atoms with van der Waals surface area (Å²) in [6.07, 6.45) is 3.17. The first-order chi connectivity index (χ1) is 9.30. The molecule has 0 fully saturated rings. The number of nitriles is 1. The van der Waals surface area contributed by atoms with Gasteiger partial charge in [-0.2, -0.15) is 10.3 Å². The average molecular weight is 252 g/mol. The number of carbonyl (C=O) groups excluding carboxylic acids is 1. The van der Waals surface area contributed by atoms with Crippen LogP contribution in [0.3, 0.4) is 0 Å². The van der Waals surface area contributed by atoms with Gasteiger partial charge in [0.1, 0.15) is 0 Å². The van der Waals surface area contributed by atoms with E-state index >= 15 is 0 Å². The first-order valence-electron chi connectivity index (χ1n) is 5.54. The Hall–Kier alpha value is -2.89. The highest BCUT2D eigenvalue weighted by atomic mass is 16.2. The third-order valence-electron chi connectivity index (χ3n) is 2.36. The zero-order chi connectivity index (χ0) is 13.9. The van der Waals surface area contributed by atoms with Crippen LogP contribution in [-0.2, 0) is 11.2 Å². The molecule has 2 rings (SSSR count). The minimum Gasteiger partial charge on any atom is -0.443 e. The lowest BCUT2D eigenvalue weighted by Gasteiger charge is -2.01. The Balaban J connectivity index is 0.000000550. The summed E-state index contributed by atoms with van der Waals surface area (Å²) in [6, 6.07) is 17.8. The van der Waals surface area contributed by atoms with Gasteiger partial charge in [-0.05, 0) is 29.7 Å². The van der Waals surface area contributed by atoms with Crippen molar-refractivity contribution >= 4 is 11.8 Å². The first-order valence-corrected chi connectivity index (χ1v) is 5.54. The lowest BCUT2D eigenvalue weighted by atomic mass is 10.1. The fourth-order valence-corrected chi connectivity index (χ4v) is 1.57. The van der Waals surface area contributed by atoms with Crippen LogP contribution >= 0.6 is 0 Å². The summed E-state index contributed by atoms with van der Waals surface area (Å²) in [5.41, 5.74) is 3.12. The molecule has 0 aliphatic rings. The molecule has 2 aromatic carbocycles. The van der Waals surface area contributed by atoms with E-state index in [4.69, 9.17) is 10.4 Å². The number of aliphatic imine (C=N–C) groups is 1. The largest absolute Gasteiger partial charge is 0.443 e. The van der Waals surface area contributed by atoms with Gasteiger partial charge in [0, 0.05) is 0 Å². The SMILES string of the molecule is N#CO.O=C=Nc1ccc(Cc2ccccc2)cc1. The molecule has 0 unspecified atom stereocenters. The molecule has 94 valence electrons. The van der Waals surface area contributed by atoms with Crippen LogP contribution < -0.4 is 0 Å². The van der Waals surface area contributed by atoms with E-state index in [0.717, 1.165) is 12.7 Å². The molecule has 0 atom stereocenters. The molecule has 4 heteroatoms. The van der Waals surface area contributed by atoms with Crippen LogP contribution in [0.25, 0.3) is 0 Å². The van der Waals surface area contributed by atoms with Gasteiger partial charge in [0.05, 0.1) is 5.69 Å². The Labute approximate surface area is 111 Å². The average Bonchev–Trinajstić information content (AvgIpc) is 2.43. The van der Waals surface area contributed by atoms with E-state index < -0.39 is 0 Å². The van der Waals surface area contributed by atoms with E-state index in [1.165, 1.54) is 17.2 Å². The first kappa shape index (κ1) is 14.2. The number of aliphatic hydroxyl groups is 1. The maximum absolute atomic E-state index is 10.1. The van der Waals surface area contributed by atoms with Crippen LogP contribution in [-0.4, -0.2) is 11.2 Å². The van der Waals surface area contributed by atoms with Crippen LogP contribution in [0.5, 0.6) is 0 Å². The Morgan fingerprint density at radius 1 is 1.00 bits per heavy atom. The summed E-state index contributed by atoms with van der Waals surface area (Å²) in [4.78, 5) is 13.6. The topological polar surface area (TPSA) is 73.4 Å². The van der Waals surface area contributed by atoms with Crippen molar-refractivity contribution in [1.29, 1.82) is 5.26 Å². The fourth-order valence-electron chi connectivity index (χ4n) is 1.57. The fraction of sp³-hybridized carbons (Fsp3) is 0.0667.